The van der Waals surface area contributed by atoms with Gasteiger partial charge in [-0.2, -0.15) is 5.26 Å². The lowest BCUT2D eigenvalue weighted by Gasteiger charge is -2.10. The minimum atomic E-state index is -0.113. The standard InChI is InChI=1S/C16H15NO/c1-18-16-9-5-6-13(11-16)10-15(12-17)14-7-3-2-4-8-14/h2-9,11,15H,10H2,1H3. The number of rotatable bonds is 4. The summed E-state index contributed by atoms with van der Waals surface area (Å²) in [5.74, 6) is 0.718. The number of hydrogen-bond donors (Lipinski definition) is 0. The molecule has 1 unspecified atom stereocenters. The molecule has 0 bridgehead atoms. The molecule has 0 heterocycles. The molecule has 0 spiro atoms. The Balaban J connectivity index is 2.19. The third kappa shape index (κ3) is 2.89. The lowest BCUT2D eigenvalue weighted by atomic mass is 9.93. The quantitative estimate of drug-likeness (QED) is 0.814. The highest BCUT2D eigenvalue weighted by atomic mass is 16.5. The molecule has 0 aliphatic carbocycles. The highest BCUT2D eigenvalue weighted by Gasteiger charge is 2.11. The molecule has 0 aromatic heterocycles. The average Bonchev–Trinajstić information content (AvgIpc) is 2.46. The topological polar surface area (TPSA) is 33.0 Å². The van der Waals surface area contributed by atoms with Crippen molar-refractivity contribution in [2.24, 2.45) is 0 Å². The van der Waals surface area contributed by atoms with Gasteiger partial charge in [0.25, 0.3) is 0 Å². The van der Waals surface area contributed by atoms with Crippen LogP contribution in [0.3, 0.4) is 0 Å². The first kappa shape index (κ1) is 12.2. The second-order valence-electron chi connectivity index (χ2n) is 4.15. The van der Waals surface area contributed by atoms with Crippen LogP contribution < -0.4 is 4.74 Å². The van der Waals surface area contributed by atoms with E-state index in [1.807, 2.05) is 54.6 Å². The van der Waals surface area contributed by atoms with Crippen molar-refractivity contribution in [3.8, 4) is 11.8 Å². The van der Waals surface area contributed by atoms with E-state index in [0.717, 1.165) is 16.9 Å². The summed E-state index contributed by atoms with van der Waals surface area (Å²) in [6.45, 7) is 0. The molecule has 0 radical (unpaired) electrons. The molecular weight excluding hydrogens is 222 g/mol. The van der Waals surface area contributed by atoms with Crippen molar-refractivity contribution in [2.45, 2.75) is 12.3 Å². The van der Waals surface area contributed by atoms with E-state index in [4.69, 9.17) is 4.74 Å². The fourth-order valence-corrected chi connectivity index (χ4v) is 1.96. The molecule has 0 fully saturated rings. The fourth-order valence-electron chi connectivity index (χ4n) is 1.96. The van der Waals surface area contributed by atoms with Crippen LogP contribution in [-0.2, 0) is 6.42 Å². The first-order valence-electron chi connectivity index (χ1n) is 5.91. The summed E-state index contributed by atoms with van der Waals surface area (Å²) >= 11 is 0. The predicted molar refractivity (Wildman–Crippen MR) is 71.5 cm³/mol. The van der Waals surface area contributed by atoms with Gasteiger partial charge in [0, 0.05) is 0 Å². The molecule has 0 saturated heterocycles. The maximum atomic E-state index is 9.29. The van der Waals surface area contributed by atoms with Gasteiger partial charge in [-0.05, 0) is 29.7 Å². The van der Waals surface area contributed by atoms with Crippen LogP contribution in [0.2, 0.25) is 0 Å². The van der Waals surface area contributed by atoms with Crippen LogP contribution in [0.5, 0.6) is 5.75 Å². The van der Waals surface area contributed by atoms with Crippen molar-refractivity contribution < 1.29 is 4.74 Å². The molecule has 2 heteroatoms. The van der Waals surface area contributed by atoms with E-state index in [9.17, 15) is 5.26 Å². The number of ether oxygens (including phenoxy) is 1. The Kier molecular flexibility index (Phi) is 3.98. The molecule has 0 aliphatic heterocycles. The lowest BCUT2D eigenvalue weighted by Crippen LogP contribution is -2.00. The van der Waals surface area contributed by atoms with Gasteiger partial charge < -0.3 is 4.74 Å². The zero-order chi connectivity index (χ0) is 12.8. The van der Waals surface area contributed by atoms with Crippen LogP contribution in [0.4, 0.5) is 0 Å². The minimum Gasteiger partial charge on any atom is -0.497 e. The summed E-state index contributed by atoms with van der Waals surface area (Å²) < 4.78 is 5.19. The van der Waals surface area contributed by atoms with Crippen LogP contribution >= 0.6 is 0 Å². The molecule has 18 heavy (non-hydrogen) atoms. The summed E-state index contributed by atoms with van der Waals surface area (Å²) in [4.78, 5) is 0. The van der Waals surface area contributed by atoms with Gasteiger partial charge in [0.15, 0.2) is 0 Å². The third-order valence-corrected chi connectivity index (χ3v) is 2.93. The summed E-state index contributed by atoms with van der Waals surface area (Å²) in [5.41, 5.74) is 2.17. The van der Waals surface area contributed by atoms with E-state index in [1.54, 1.807) is 7.11 Å². The maximum absolute atomic E-state index is 9.29. The zero-order valence-electron chi connectivity index (χ0n) is 10.3. The van der Waals surface area contributed by atoms with Gasteiger partial charge in [-0.15, -0.1) is 0 Å². The average molecular weight is 237 g/mol. The molecule has 0 amide bonds. The van der Waals surface area contributed by atoms with Gasteiger partial charge in [-0.25, -0.2) is 0 Å². The number of nitrogens with zero attached hydrogens (tertiary/aromatic N) is 1. The Hall–Kier alpha value is -2.27. The predicted octanol–water partition coefficient (Wildman–Crippen LogP) is 3.55. The van der Waals surface area contributed by atoms with Crippen molar-refractivity contribution in [1.29, 1.82) is 5.26 Å². The Labute approximate surface area is 107 Å². The monoisotopic (exact) mass is 237 g/mol. The van der Waals surface area contributed by atoms with Crippen LogP contribution in [0.1, 0.15) is 17.0 Å². The van der Waals surface area contributed by atoms with E-state index < -0.39 is 0 Å². The number of benzene rings is 2. The molecular formula is C16H15NO. The maximum Gasteiger partial charge on any atom is 0.119 e. The van der Waals surface area contributed by atoms with Crippen molar-refractivity contribution in [1.82, 2.24) is 0 Å². The second-order valence-corrected chi connectivity index (χ2v) is 4.15. The van der Waals surface area contributed by atoms with Gasteiger partial charge in [0.05, 0.1) is 19.1 Å². The largest absolute Gasteiger partial charge is 0.497 e. The van der Waals surface area contributed by atoms with Gasteiger partial charge >= 0.3 is 0 Å². The molecule has 2 aromatic rings. The summed E-state index contributed by atoms with van der Waals surface area (Å²) in [5, 5.41) is 9.29. The van der Waals surface area contributed by atoms with E-state index in [2.05, 4.69) is 6.07 Å². The molecule has 2 nitrogen and oxygen atoms in total. The molecule has 0 aliphatic rings. The first-order chi connectivity index (χ1) is 8.83. The molecule has 0 N–H and O–H groups in total. The van der Waals surface area contributed by atoms with Crippen molar-refractivity contribution >= 4 is 0 Å². The minimum absolute atomic E-state index is 0.113. The highest BCUT2D eigenvalue weighted by Crippen LogP contribution is 2.22. The summed E-state index contributed by atoms with van der Waals surface area (Å²) in [7, 11) is 1.65. The Morgan fingerprint density at radius 2 is 1.89 bits per heavy atom. The molecule has 1 atom stereocenters. The van der Waals surface area contributed by atoms with Gasteiger partial charge in [-0.3, -0.25) is 0 Å². The van der Waals surface area contributed by atoms with Crippen LogP contribution in [0.25, 0.3) is 0 Å². The SMILES string of the molecule is COc1cccc(CC(C#N)c2ccccc2)c1. The molecule has 2 aromatic carbocycles. The Bertz CT molecular complexity index is 543. The van der Waals surface area contributed by atoms with Crippen molar-refractivity contribution in [3.63, 3.8) is 0 Å². The summed E-state index contributed by atoms with van der Waals surface area (Å²) in [6.07, 6.45) is 0.706. The van der Waals surface area contributed by atoms with E-state index in [1.165, 1.54) is 0 Å². The second kappa shape index (κ2) is 5.88. The van der Waals surface area contributed by atoms with E-state index in [-0.39, 0.29) is 5.92 Å². The molecule has 90 valence electrons. The first-order valence-corrected chi connectivity index (χ1v) is 5.91. The summed E-state index contributed by atoms with van der Waals surface area (Å²) in [6, 6.07) is 20.1. The molecule has 2 rings (SSSR count). The Morgan fingerprint density at radius 1 is 1.11 bits per heavy atom. The highest BCUT2D eigenvalue weighted by molar-refractivity contribution is 5.33. The van der Waals surface area contributed by atoms with E-state index >= 15 is 0 Å². The van der Waals surface area contributed by atoms with Crippen molar-refractivity contribution in [2.75, 3.05) is 7.11 Å². The normalized spacial score (nSPS) is 11.6. The zero-order valence-corrected chi connectivity index (χ0v) is 10.3. The van der Waals surface area contributed by atoms with E-state index in [0.29, 0.717) is 6.42 Å². The van der Waals surface area contributed by atoms with Gasteiger partial charge in [0.2, 0.25) is 0 Å². The smallest absolute Gasteiger partial charge is 0.119 e. The number of hydrogen-bond acceptors (Lipinski definition) is 2. The van der Waals surface area contributed by atoms with Gasteiger partial charge in [-0.1, -0.05) is 42.5 Å². The lowest BCUT2D eigenvalue weighted by molar-refractivity contribution is 0.414. The van der Waals surface area contributed by atoms with Crippen LogP contribution in [-0.4, -0.2) is 7.11 Å². The number of nitriles is 1. The third-order valence-electron chi connectivity index (χ3n) is 2.93. The Morgan fingerprint density at radius 3 is 2.56 bits per heavy atom. The van der Waals surface area contributed by atoms with Crippen LogP contribution in [0.15, 0.2) is 54.6 Å². The van der Waals surface area contributed by atoms with Crippen LogP contribution in [0, 0.1) is 11.3 Å². The van der Waals surface area contributed by atoms with Gasteiger partial charge in [0.1, 0.15) is 5.75 Å². The molecule has 0 saturated carbocycles. The fraction of sp³-hybridized carbons (Fsp3) is 0.188. The number of methoxy groups -OCH3 is 1. The van der Waals surface area contributed by atoms with Crippen molar-refractivity contribution in [3.05, 3.63) is 65.7 Å².